The molecule has 1 saturated carbocycles. The standard InChI is InChI=1S/C13H21N3O/c1-16(12-5-3-4-10(12)9-14)11-6-7-15-13(8-11)17-2/h6-8,10,12H,3-5,9,14H2,1-2H3. The second-order valence-electron chi connectivity index (χ2n) is 4.66. The van der Waals surface area contributed by atoms with Gasteiger partial charge in [-0.1, -0.05) is 6.42 Å². The highest BCUT2D eigenvalue weighted by Gasteiger charge is 2.29. The van der Waals surface area contributed by atoms with E-state index in [2.05, 4.69) is 16.9 Å². The number of hydrogen-bond acceptors (Lipinski definition) is 4. The first-order chi connectivity index (χ1) is 8.26. The molecule has 4 nitrogen and oxygen atoms in total. The lowest BCUT2D eigenvalue weighted by Gasteiger charge is -2.31. The minimum absolute atomic E-state index is 0.548. The Hall–Kier alpha value is -1.29. The zero-order chi connectivity index (χ0) is 12.3. The minimum atomic E-state index is 0.548. The summed E-state index contributed by atoms with van der Waals surface area (Å²) < 4.78 is 5.16. The highest BCUT2D eigenvalue weighted by Crippen LogP contribution is 2.32. The smallest absolute Gasteiger partial charge is 0.214 e. The zero-order valence-corrected chi connectivity index (χ0v) is 10.6. The number of nitrogens with zero attached hydrogens (tertiary/aromatic N) is 2. The topological polar surface area (TPSA) is 51.4 Å². The van der Waals surface area contributed by atoms with Crippen LogP contribution in [-0.2, 0) is 0 Å². The molecule has 1 fully saturated rings. The Labute approximate surface area is 103 Å². The SMILES string of the molecule is COc1cc(N(C)C2CCCC2CN)ccn1. The predicted octanol–water partition coefficient (Wildman–Crippen LogP) is 1.65. The molecular weight excluding hydrogens is 214 g/mol. The number of aromatic nitrogens is 1. The van der Waals surface area contributed by atoms with E-state index < -0.39 is 0 Å². The fourth-order valence-electron chi connectivity index (χ4n) is 2.72. The van der Waals surface area contributed by atoms with Crippen molar-refractivity contribution in [2.75, 3.05) is 25.6 Å². The lowest BCUT2D eigenvalue weighted by atomic mass is 10.0. The maximum absolute atomic E-state index is 5.83. The molecule has 2 atom stereocenters. The maximum atomic E-state index is 5.83. The van der Waals surface area contributed by atoms with Crippen LogP contribution in [0, 0.1) is 5.92 Å². The zero-order valence-electron chi connectivity index (χ0n) is 10.6. The molecule has 0 aromatic carbocycles. The summed E-state index contributed by atoms with van der Waals surface area (Å²) in [6.45, 7) is 0.775. The highest BCUT2D eigenvalue weighted by atomic mass is 16.5. The van der Waals surface area contributed by atoms with Crippen LogP contribution in [0.15, 0.2) is 18.3 Å². The summed E-state index contributed by atoms with van der Waals surface area (Å²) in [5.74, 6) is 1.27. The van der Waals surface area contributed by atoms with Crippen LogP contribution in [0.1, 0.15) is 19.3 Å². The van der Waals surface area contributed by atoms with Gasteiger partial charge in [0.05, 0.1) is 7.11 Å². The van der Waals surface area contributed by atoms with Crippen LogP contribution in [0.4, 0.5) is 5.69 Å². The molecule has 94 valence electrons. The van der Waals surface area contributed by atoms with E-state index in [1.807, 2.05) is 12.1 Å². The second kappa shape index (κ2) is 5.36. The summed E-state index contributed by atoms with van der Waals surface area (Å²) in [6, 6.07) is 4.55. The molecule has 1 aliphatic rings. The Morgan fingerprint density at radius 3 is 3.06 bits per heavy atom. The van der Waals surface area contributed by atoms with E-state index in [9.17, 15) is 0 Å². The molecule has 0 spiro atoms. The number of methoxy groups -OCH3 is 1. The van der Waals surface area contributed by atoms with E-state index in [1.165, 1.54) is 19.3 Å². The van der Waals surface area contributed by atoms with Gasteiger partial charge in [-0.2, -0.15) is 0 Å². The van der Waals surface area contributed by atoms with E-state index in [4.69, 9.17) is 10.5 Å². The Balaban J connectivity index is 2.15. The third kappa shape index (κ3) is 2.52. The molecule has 1 aliphatic carbocycles. The van der Waals surface area contributed by atoms with Gasteiger partial charge in [-0.3, -0.25) is 0 Å². The molecule has 2 N–H and O–H groups in total. The van der Waals surface area contributed by atoms with Crippen LogP contribution in [0.5, 0.6) is 5.88 Å². The average Bonchev–Trinajstić information content (AvgIpc) is 2.86. The van der Waals surface area contributed by atoms with E-state index in [1.54, 1.807) is 13.3 Å². The van der Waals surface area contributed by atoms with Crippen molar-refractivity contribution in [2.45, 2.75) is 25.3 Å². The molecular formula is C13H21N3O. The van der Waals surface area contributed by atoms with Crippen molar-refractivity contribution in [3.8, 4) is 5.88 Å². The minimum Gasteiger partial charge on any atom is -0.481 e. The second-order valence-corrected chi connectivity index (χ2v) is 4.66. The molecule has 17 heavy (non-hydrogen) atoms. The molecule has 0 bridgehead atoms. The van der Waals surface area contributed by atoms with Crippen molar-refractivity contribution in [3.63, 3.8) is 0 Å². The van der Waals surface area contributed by atoms with Gasteiger partial charge in [0.15, 0.2) is 0 Å². The molecule has 2 unspecified atom stereocenters. The van der Waals surface area contributed by atoms with Crippen molar-refractivity contribution in [1.82, 2.24) is 4.98 Å². The molecule has 1 aromatic rings. The van der Waals surface area contributed by atoms with Gasteiger partial charge in [0.25, 0.3) is 0 Å². The Morgan fingerprint density at radius 2 is 2.35 bits per heavy atom. The molecule has 0 amide bonds. The Morgan fingerprint density at radius 1 is 1.53 bits per heavy atom. The first-order valence-corrected chi connectivity index (χ1v) is 6.19. The monoisotopic (exact) mass is 235 g/mol. The van der Waals surface area contributed by atoms with Gasteiger partial charge >= 0.3 is 0 Å². The van der Waals surface area contributed by atoms with Gasteiger partial charge in [0.1, 0.15) is 0 Å². The molecule has 1 aromatic heterocycles. The number of hydrogen-bond donors (Lipinski definition) is 1. The largest absolute Gasteiger partial charge is 0.481 e. The van der Waals surface area contributed by atoms with Crippen LogP contribution in [0.2, 0.25) is 0 Å². The number of rotatable bonds is 4. The first kappa shape index (κ1) is 12.2. The van der Waals surface area contributed by atoms with Gasteiger partial charge in [-0.25, -0.2) is 4.98 Å². The first-order valence-electron chi connectivity index (χ1n) is 6.19. The third-order valence-electron chi connectivity index (χ3n) is 3.75. The van der Waals surface area contributed by atoms with Crippen molar-refractivity contribution in [2.24, 2.45) is 11.7 Å². The van der Waals surface area contributed by atoms with Crippen molar-refractivity contribution in [3.05, 3.63) is 18.3 Å². The van der Waals surface area contributed by atoms with E-state index in [0.717, 1.165) is 12.2 Å². The van der Waals surface area contributed by atoms with Crippen LogP contribution in [-0.4, -0.2) is 31.7 Å². The molecule has 1 heterocycles. The average molecular weight is 235 g/mol. The number of nitrogens with two attached hydrogens (primary N) is 1. The molecule has 0 saturated heterocycles. The number of pyridine rings is 1. The van der Waals surface area contributed by atoms with Crippen molar-refractivity contribution < 1.29 is 4.74 Å². The lowest BCUT2D eigenvalue weighted by Crippen LogP contribution is -2.37. The van der Waals surface area contributed by atoms with Gasteiger partial charge in [0, 0.05) is 31.0 Å². The lowest BCUT2D eigenvalue weighted by molar-refractivity contribution is 0.397. The number of ether oxygens (including phenoxy) is 1. The summed E-state index contributed by atoms with van der Waals surface area (Å²) in [6.07, 6.45) is 5.53. The quantitative estimate of drug-likeness (QED) is 0.862. The van der Waals surface area contributed by atoms with Crippen LogP contribution in [0.3, 0.4) is 0 Å². The van der Waals surface area contributed by atoms with Gasteiger partial charge in [-0.15, -0.1) is 0 Å². The van der Waals surface area contributed by atoms with Crippen molar-refractivity contribution in [1.29, 1.82) is 0 Å². The summed E-state index contributed by atoms with van der Waals surface area (Å²) in [7, 11) is 3.78. The van der Waals surface area contributed by atoms with Crippen LogP contribution < -0.4 is 15.4 Å². The third-order valence-corrected chi connectivity index (χ3v) is 3.75. The van der Waals surface area contributed by atoms with Crippen molar-refractivity contribution >= 4 is 5.69 Å². The van der Waals surface area contributed by atoms with Crippen LogP contribution >= 0.6 is 0 Å². The van der Waals surface area contributed by atoms with Gasteiger partial charge in [0.2, 0.25) is 5.88 Å². The molecule has 0 radical (unpaired) electrons. The molecule has 0 aliphatic heterocycles. The summed E-state index contributed by atoms with van der Waals surface area (Å²) >= 11 is 0. The van der Waals surface area contributed by atoms with E-state index in [-0.39, 0.29) is 0 Å². The summed E-state index contributed by atoms with van der Waals surface area (Å²) in [4.78, 5) is 6.45. The van der Waals surface area contributed by atoms with E-state index >= 15 is 0 Å². The molecule has 2 rings (SSSR count). The van der Waals surface area contributed by atoms with Gasteiger partial charge < -0.3 is 15.4 Å². The summed E-state index contributed by atoms with van der Waals surface area (Å²) in [5, 5.41) is 0. The van der Waals surface area contributed by atoms with Crippen LogP contribution in [0.25, 0.3) is 0 Å². The van der Waals surface area contributed by atoms with E-state index in [0.29, 0.717) is 17.8 Å². The molecule has 4 heteroatoms. The summed E-state index contributed by atoms with van der Waals surface area (Å²) in [5.41, 5.74) is 6.99. The number of anilines is 1. The normalized spacial score (nSPS) is 23.7. The Bertz CT molecular complexity index is 369. The Kier molecular flexibility index (Phi) is 3.84. The maximum Gasteiger partial charge on any atom is 0.214 e. The van der Waals surface area contributed by atoms with Gasteiger partial charge in [-0.05, 0) is 31.4 Å². The fourth-order valence-corrected chi connectivity index (χ4v) is 2.72. The predicted molar refractivity (Wildman–Crippen MR) is 69.4 cm³/mol. The highest BCUT2D eigenvalue weighted by molar-refractivity contribution is 5.48. The fraction of sp³-hybridized carbons (Fsp3) is 0.615.